The van der Waals surface area contributed by atoms with Gasteiger partial charge in [-0.1, -0.05) is 76.3 Å². The zero-order valence-corrected chi connectivity index (χ0v) is 24.6. The summed E-state index contributed by atoms with van der Waals surface area (Å²) < 4.78 is 22.4. The van der Waals surface area contributed by atoms with Gasteiger partial charge in [-0.15, -0.1) is 0 Å². The van der Waals surface area contributed by atoms with Crippen molar-refractivity contribution < 1.29 is 23.7 Å². The Morgan fingerprint density at radius 2 is 1.66 bits per heavy atom. The molecule has 0 radical (unpaired) electrons. The highest BCUT2D eigenvalue weighted by molar-refractivity contribution is 6.03. The Balaban J connectivity index is 0.000000810. The monoisotopic (exact) mass is 555 g/mol. The number of epoxide rings is 2. The maximum Gasteiger partial charge on any atom is 0.259 e. The Bertz CT molecular complexity index is 1350. The van der Waals surface area contributed by atoms with Crippen LogP contribution in [-0.2, 0) is 19.7 Å². The average molecular weight is 556 g/mol. The van der Waals surface area contributed by atoms with Crippen LogP contribution in [0.5, 0.6) is 5.75 Å². The summed E-state index contributed by atoms with van der Waals surface area (Å²) in [5.41, 5.74) is 4.28. The number of fused-ring (bicyclic) bond motifs is 1. The molecule has 2 aliphatic carbocycles. The van der Waals surface area contributed by atoms with Crippen LogP contribution in [0.2, 0.25) is 0 Å². The first-order valence-corrected chi connectivity index (χ1v) is 15.1. The van der Waals surface area contributed by atoms with Crippen molar-refractivity contribution in [2.24, 2.45) is 0 Å². The maximum absolute atomic E-state index is 14.1. The predicted octanol–water partition coefficient (Wildman–Crippen LogP) is 7.43. The van der Waals surface area contributed by atoms with Crippen molar-refractivity contribution in [3.8, 4) is 5.75 Å². The molecule has 0 aromatic heterocycles. The van der Waals surface area contributed by atoms with Crippen LogP contribution in [0, 0.1) is 0 Å². The Hall–Kier alpha value is -3.61. The van der Waals surface area contributed by atoms with E-state index in [1.807, 2.05) is 69.0 Å². The van der Waals surface area contributed by atoms with Gasteiger partial charge in [0.15, 0.2) is 0 Å². The van der Waals surface area contributed by atoms with Crippen molar-refractivity contribution in [2.75, 3.05) is 19.8 Å². The smallest absolute Gasteiger partial charge is 0.259 e. The predicted molar refractivity (Wildman–Crippen MR) is 160 cm³/mol. The number of carbonyl (C=O) groups excluding carboxylic acids is 1. The van der Waals surface area contributed by atoms with E-state index in [1.165, 1.54) is 5.57 Å². The number of rotatable bonds is 8. The molecule has 0 N–H and O–H groups in total. The molecule has 6 heteroatoms. The van der Waals surface area contributed by atoms with Gasteiger partial charge in [0.2, 0.25) is 6.29 Å². The molecule has 2 aromatic carbocycles. The van der Waals surface area contributed by atoms with Gasteiger partial charge in [0.1, 0.15) is 30.6 Å². The lowest BCUT2D eigenvalue weighted by Crippen LogP contribution is -2.46. The first kappa shape index (κ1) is 28.9. The van der Waals surface area contributed by atoms with Crippen molar-refractivity contribution in [1.29, 1.82) is 0 Å². The Morgan fingerprint density at radius 3 is 2.29 bits per heavy atom. The van der Waals surface area contributed by atoms with Crippen LogP contribution in [-0.4, -0.2) is 43.0 Å². The van der Waals surface area contributed by atoms with E-state index >= 15 is 0 Å². The van der Waals surface area contributed by atoms with E-state index < -0.39 is 5.54 Å². The summed E-state index contributed by atoms with van der Waals surface area (Å²) in [6.07, 6.45) is 13.9. The van der Waals surface area contributed by atoms with E-state index in [-0.39, 0.29) is 18.3 Å². The minimum atomic E-state index is -0.749. The molecule has 7 rings (SSSR count). The van der Waals surface area contributed by atoms with Crippen molar-refractivity contribution in [2.45, 2.75) is 71.3 Å². The van der Waals surface area contributed by atoms with Gasteiger partial charge in [0.25, 0.3) is 5.91 Å². The van der Waals surface area contributed by atoms with E-state index in [2.05, 4.69) is 42.5 Å². The molecule has 6 nitrogen and oxygen atoms in total. The maximum atomic E-state index is 14.1. The van der Waals surface area contributed by atoms with E-state index in [4.69, 9.17) is 18.9 Å². The Morgan fingerprint density at radius 1 is 0.902 bits per heavy atom. The molecule has 0 spiro atoms. The summed E-state index contributed by atoms with van der Waals surface area (Å²) in [4.78, 5) is 16.2. The van der Waals surface area contributed by atoms with Crippen molar-refractivity contribution >= 4 is 5.91 Å². The number of benzene rings is 2. The van der Waals surface area contributed by atoms with Crippen LogP contribution in [0.3, 0.4) is 0 Å². The molecular formula is C35H41NO5. The molecule has 3 heterocycles. The highest BCUT2D eigenvalue weighted by Gasteiger charge is 2.54. The molecule has 2 fully saturated rings. The zero-order chi connectivity index (χ0) is 28.8. The number of amides is 1. The second-order valence-electron chi connectivity index (χ2n) is 10.0. The third-order valence-electron chi connectivity index (χ3n) is 7.64. The minimum absolute atomic E-state index is 0.0432. The van der Waals surface area contributed by atoms with Gasteiger partial charge in [-0.2, -0.15) is 0 Å². The van der Waals surface area contributed by atoms with E-state index in [0.29, 0.717) is 13.2 Å². The van der Waals surface area contributed by atoms with Crippen LogP contribution in [0.15, 0.2) is 95.9 Å². The minimum Gasteiger partial charge on any atom is -0.491 e. The van der Waals surface area contributed by atoms with E-state index in [1.54, 1.807) is 0 Å². The molecule has 0 saturated carbocycles. The highest BCUT2D eigenvalue weighted by Crippen LogP contribution is 2.54. The lowest BCUT2D eigenvalue weighted by molar-refractivity contribution is 0.0733. The summed E-state index contributed by atoms with van der Waals surface area (Å²) in [7, 11) is 0. The molecule has 2 saturated heterocycles. The van der Waals surface area contributed by atoms with Gasteiger partial charge in [0, 0.05) is 17.7 Å². The molecule has 1 amide bonds. The molecule has 41 heavy (non-hydrogen) atoms. The van der Waals surface area contributed by atoms with Gasteiger partial charge in [-0.25, -0.2) is 0 Å². The zero-order valence-electron chi connectivity index (χ0n) is 24.6. The third-order valence-corrected chi connectivity index (χ3v) is 7.64. The summed E-state index contributed by atoms with van der Waals surface area (Å²) >= 11 is 0. The molecule has 3 aliphatic heterocycles. The average Bonchev–Trinajstić information content (AvgIpc) is 3.99. The number of ether oxygens (including phenoxy) is 4. The Kier molecular flexibility index (Phi) is 9.11. The van der Waals surface area contributed by atoms with Gasteiger partial charge < -0.3 is 18.9 Å². The standard InChI is InChI=1S/C31H29NO5.2C2H6/c33-30-27-8-4-5-9-28(27)31(32(30)23-6-2-1-3-7-23,22-12-16-25(17-13-22)37-29-20-36-29)21-10-14-24(15-11-21)34-18-26-19-35-26;2*1-2/h1-2,4-6,8-12,14-16,26,29H,3,7,13,17-20H2;2*1-2H3. The fourth-order valence-corrected chi connectivity index (χ4v) is 5.73. The second-order valence-corrected chi connectivity index (χ2v) is 10.0. The van der Waals surface area contributed by atoms with Gasteiger partial charge >= 0.3 is 0 Å². The first-order valence-electron chi connectivity index (χ1n) is 15.1. The van der Waals surface area contributed by atoms with Crippen LogP contribution in [0.4, 0.5) is 0 Å². The molecule has 216 valence electrons. The summed E-state index contributed by atoms with van der Waals surface area (Å²) in [6, 6.07) is 16.3. The van der Waals surface area contributed by atoms with Gasteiger partial charge in [-0.3, -0.25) is 9.69 Å². The van der Waals surface area contributed by atoms with Crippen LogP contribution in [0.25, 0.3) is 0 Å². The van der Waals surface area contributed by atoms with E-state index in [0.717, 1.165) is 66.2 Å². The molecule has 0 bridgehead atoms. The second kappa shape index (κ2) is 12.9. The topological polar surface area (TPSA) is 63.8 Å². The highest BCUT2D eigenvalue weighted by atomic mass is 16.8. The summed E-state index contributed by atoms with van der Waals surface area (Å²) in [5.74, 6) is 1.77. The first-order chi connectivity index (χ1) is 20.2. The fourth-order valence-electron chi connectivity index (χ4n) is 5.73. The van der Waals surface area contributed by atoms with Gasteiger partial charge in [-0.05, 0) is 66.3 Å². The Labute approximate surface area is 243 Å². The lowest BCUT2D eigenvalue weighted by Gasteiger charge is -2.44. The number of hydrogen-bond acceptors (Lipinski definition) is 5. The molecule has 3 atom stereocenters. The molecule has 3 unspecified atom stereocenters. The largest absolute Gasteiger partial charge is 0.491 e. The van der Waals surface area contributed by atoms with Crippen LogP contribution >= 0.6 is 0 Å². The van der Waals surface area contributed by atoms with E-state index in [9.17, 15) is 4.79 Å². The lowest BCUT2D eigenvalue weighted by atomic mass is 9.73. The number of nitrogens with zero attached hydrogens (tertiary/aromatic N) is 1. The van der Waals surface area contributed by atoms with Crippen LogP contribution in [0.1, 0.15) is 74.9 Å². The van der Waals surface area contributed by atoms with Crippen LogP contribution < -0.4 is 4.74 Å². The number of hydrogen-bond donors (Lipinski definition) is 0. The van der Waals surface area contributed by atoms with Crippen molar-refractivity contribution in [1.82, 2.24) is 4.90 Å². The SMILES string of the molecule is CC.CC.O=C1c2ccccc2C(C2=CC=C(OC3CO3)CC2)(c2ccc(OCC3CO3)cc2)N1C1=CC=CCC1. The number of carbonyl (C=O) groups is 1. The molecule has 2 aromatic rings. The fraction of sp³-hybridized carbons (Fsp3) is 0.400. The number of allylic oxidation sites excluding steroid dienone is 7. The summed E-state index contributed by atoms with van der Waals surface area (Å²) in [6.45, 7) is 9.97. The molecular weight excluding hydrogens is 514 g/mol. The summed E-state index contributed by atoms with van der Waals surface area (Å²) in [5, 5.41) is 0. The quantitative estimate of drug-likeness (QED) is 0.317. The van der Waals surface area contributed by atoms with Crippen molar-refractivity contribution in [3.63, 3.8) is 0 Å². The van der Waals surface area contributed by atoms with Gasteiger partial charge in [0.05, 0.1) is 12.4 Å². The normalized spacial score (nSPS) is 25.3. The molecule has 5 aliphatic rings. The third kappa shape index (κ3) is 5.77. The van der Waals surface area contributed by atoms with Crippen molar-refractivity contribution in [3.05, 3.63) is 113 Å².